The number of fused-ring (bicyclic) bond motifs is 1. The summed E-state index contributed by atoms with van der Waals surface area (Å²) in [5, 5.41) is 18.2. The first-order chi connectivity index (χ1) is 12.0. The van der Waals surface area contributed by atoms with Gasteiger partial charge in [0.05, 0.1) is 22.7 Å². The summed E-state index contributed by atoms with van der Waals surface area (Å²) in [6, 6.07) is 3.54. The minimum Gasteiger partial charge on any atom is -0.479 e. The number of halogens is 1. The lowest BCUT2D eigenvalue weighted by Gasteiger charge is -2.08. The van der Waals surface area contributed by atoms with E-state index in [1.807, 2.05) is 18.2 Å². The summed E-state index contributed by atoms with van der Waals surface area (Å²) in [6.07, 6.45) is 6.53. The number of carboxylic acid groups (broad SMARTS) is 1. The summed E-state index contributed by atoms with van der Waals surface area (Å²) >= 11 is 6.26. The van der Waals surface area contributed by atoms with Gasteiger partial charge >= 0.3 is 5.97 Å². The first-order valence-electron chi connectivity index (χ1n) is 7.58. The molecule has 0 saturated carbocycles. The van der Waals surface area contributed by atoms with Gasteiger partial charge < -0.3 is 19.9 Å². The smallest absolute Gasteiger partial charge is 0.341 e. The number of nitrogens with zero attached hydrogens (tertiary/aromatic N) is 1. The Hall–Kier alpha value is -2.75. The third kappa shape index (κ3) is 4.21. The maximum atomic E-state index is 10.5. The zero-order valence-corrected chi connectivity index (χ0v) is 13.9. The van der Waals surface area contributed by atoms with Crippen molar-refractivity contribution >= 4 is 28.6 Å². The number of rotatable bonds is 4. The fraction of sp³-hybridized carbons (Fsp3) is 0.222. The van der Waals surface area contributed by atoms with Crippen LogP contribution in [0, 0.1) is 17.8 Å². The molecule has 6 nitrogen and oxygen atoms in total. The average Bonchev–Trinajstić information content (AvgIpc) is 3.00. The second-order valence-corrected chi connectivity index (χ2v) is 5.89. The second kappa shape index (κ2) is 7.43. The first-order valence-corrected chi connectivity index (χ1v) is 7.96. The van der Waals surface area contributed by atoms with Gasteiger partial charge in [0.2, 0.25) is 0 Å². The summed E-state index contributed by atoms with van der Waals surface area (Å²) < 4.78 is 5.03. The van der Waals surface area contributed by atoms with Crippen LogP contribution in [0.4, 0.5) is 0 Å². The molecule has 0 spiro atoms. The predicted octanol–water partition coefficient (Wildman–Crippen LogP) is 2.53. The lowest BCUT2D eigenvalue weighted by molar-refractivity contribution is -0.139. The van der Waals surface area contributed by atoms with Crippen LogP contribution in [0.25, 0.3) is 11.0 Å². The highest BCUT2D eigenvalue weighted by atomic mass is 35.5. The van der Waals surface area contributed by atoms with Crippen LogP contribution in [-0.2, 0) is 4.79 Å². The van der Waals surface area contributed by atoms with Crippen LogP contribution < -0.4 is 4.74 Å². The van der Waals surface area contributed by atoms with Crippen molar-refractivity contribution in [3.8, 4) is 17.9 Å². The molecule has 0 radical (unpaired) electrons. The largest absolute Gasteiger partial charge is 0.479 e. The Morgan fingerprint density at radius 3 is 3.00 bits per heavy atom. The van der Waals surface area contributed by atoms with Crippen molar-refractivity contribution in [3.05, 3.63) is 46.5 Å². The third-order valence-electron chi connectivity index (χ3n) is 3.63. The monoisotopic (exact) mass is 358 g/mol. The minimum atomic E-state index is -1.08. The van der Waals surface area contributed by atoms with E-state index in [4.69, 9.17) is 26.6 Å². The van der Waals surface area contributed by atoms with Gasteiger partial charge in [-0.1, -0.05) is 41.7 Å². The number of allylic oxidation sites excluding steroid dienone is 2. The Balaban J connectivity index is 1.80. The molecule has 3 N–H and O–H groups in total. The molecule has 0 saturated heterocycles. The van der Waals surface area contributed by atoms with Crippen molar-refractivity contribution in [2.75, 3.05) is 13.2 Å². The summed E-state index contributed by atoms with van der Waals surface area (Å²) in [7, 11) is 0. The fourth-order valence-corrected chi connectivity index (χ4v) is 2.57. The number of hydrogen-bond acceptors (Lipinski definition) is 4. The van der Waals surface area contributed by atoms with Gasteiger partial charge in [0.15, 0.2) is 6.61 Å². The molecule has 1 heterocycles. The van der Waals surface area contributed by atoms with E-state index in [0.717, 1.165) is 12.0 Å². The maximum Gasteiger partial charge on any atom is 0.341 e. The SMILES string of the molecule is O=C(O)COc1nc2cc(C#CC3C=CC(CO)=CC3)c(Cl)cc2[nH]1. The number of imidazole rings is 1. The zero-order valence-electron chi connectivity index (χ0n) is 13.1. The molecule has 0 aliphatic heterocycles. The molecule has 0 fully saturated rings. The van der Waals surface area contributed by atoms with Crippen LogP contribution >= 0.6 is 11.6 Å². The number of aliphatic carboxylic acids is 1. The van der Waals surface area contributed by atoms with E-state index in [0.29, 0.717) is 21.6 Å². The van der Waals surface area contributed by atoms with E-state index in [9.17, 15) is 4.79 Å². The number of ether oxygens (including phenoxy) is 1. The highest BCUT2D eigenvalue weighted by Gasteiger charge is 2.10. The van der Waals surface area contributed by atoms with Gasteiger partial charge in [-0.25, -0.2) is 4.79 Å². The van der Waals surface area contributed by atoms with Crippen molar-refractivity contribution in [2.45, 2.75) is 6.42 Å². The second-order valence-electron chi connectivity index (χ2n) is 5.48. The maximum absolute atomic E-state index is 10.5. The van der Waals surface area contributed by atoms with Crippen LogP contribution in [0.3, 0.4) is 0 Å². The van der Waals surface area contributed by atoms with Gasteiger partial charge in [-0.2, -0.15) is 4.98 Å². The van der Waals surface area contributed by atoms with Crippen molar-refractivity contribution in [1.82, 2.24) is 9.97 Å². The summed E-state index contributed by atoms with van der Waals surface area (Å²) in [6.45, 7) is -0.442. The highest BCUT2D eigenvalue weighted by Crippen LogP contribution is 2.24. The molecular formula is C18H15ClN2O4. The topological polar surface area (TPSA) is 95.4 Å². The number of H-pyrrole nitrogens is 1. The molecule has 1 aromatic carbocycles. The van der Waals surface area contributed by atoms with Crippen molar-refractivity contribution in [3.63, 3.8) is 0 Å². The molecule has 2 aromatic rings. The van der Waals surface area contributed by atoms with Crippen molar-refractivity contribution in [1.29, 1.82) is 0 Å². The van der Waals surface area contributed by atoms with Gasteiger partial charge in [0.1, 0.15) is 0 Å². The Kier molecular flexibility index (Phi) is 5.08. The number of aromatic amines is 1. The number of benzene rings is 1. The Morgan fingerprint density at radius 1 is 1.48 bits per heavy atom. The number of aromatic nitrogens is 2. The first kappa shape index (κ1) is 17.1. The number of aliphatic hydroxyl groups excluding tert-OH is 1. The lowest BCUT2D eigenvalue weighted by Crippen LogP contribution is -2.09. The van der Waals surface area contributed by atoms with E-state index in [1.165, 1.54) is 0 Å². The quantitative estimate of drug-likeness (QED) is 0.730. The molecular weight excluding hydrogens is 344 g/mol. The van der Waals surface area contributed by atoms with E-state index < -0.39 is 12.6 Å². The van der Waals surface area contributed by atoms with Gasteiger partial charge in [0, 0.05) is 11.5 Å². The van der Waals surface area contributed by atoms with E-state index in [2.05, 4.69) is 21.8 Å². The van der Waals surface area contributed by atoms with Gasteiger partial charge in [-0.05, 0) is 24.1 Å². The fourth-order valence-electron chi connectivity index (χ4n) is 2.36. The molecule has 1 atom stereocenters. The minimum absolute atomic E-state index is 0.0323. The standard InChI is InChI=1S/C18H15ClN2O4/c19-14-8-16-15(20-18(21-16)25-10-17(23)24)7-13(14)6-5-11-1-3-12(9-22)4-2-11/h1,3-4,7-8,11,22H,2,9-10H2,(H,20,21)(H,23,24). The number of carbonyl (C=O) groups is 1. The molecule has 128 valence electrons. The zero-order chi connectivity index (χ0) is 17.8. The molecule has 0 bridgehead atoms. The average molecular weight is 359 g/mol. The van der Waals surface area contributed by atoms with Crippen LogP contribution in [0.1, 0.15) is 12.0 Å². The van der Waals surface area contributed by atoms with Crippen LogP contribution in [0.5, 0.6) is 6.01 Å². The van der Waals surface area contributed by atoms with Gasteiger partial charge in [0.25, 0.3) is 6.01 Å². The van der Waals surface area contributed by atoms with Crippen molar-refractivity contribution in [2.24, 2.45) is 5.92 Å². The lowest BCUT2D eigenvalue weighted by atomic mass is 9.97. The molecule has 1 unspecified atom stereocenters. The van der Waals surface area contributed by atoms with Crippen LogP contribution in [0.2, 0.25) is 5.02 Å². The molecule has 1 aliphatic rings. The number of nitrogens with one attached hydrogen (secondary N) is 1. The number of carboxylic acids is 1. The van der Waals surface area contributed by atoms with E-state index >= 15 is 0 Å². The Bertz CT molecular complexity index is 934. The van der Waals surface area contributed by atoms with Crippen LogP contribution in [-0.4, -0.2) is 39.4 Å². The molecule has 25 heavy (non-hydrogen) atoms. The van der Waals surface area contributed by atoms with E-state index in [1.54, 1.807) is 12.1 Å². The summed E-state index contributed by atoms with van der Waals surface area (Å²) in [5.74, 6) is 5.18. The van der Waals surface area contributed by atoms with Crippen LogP contribution in [0.15, 0.2) is 35.9 Å². The van der Waals surface area contributed by atoms with Gasteiger partial charge in [-0.15, -0.1) is 0 Å². The van der Waals surface area contributed by atoms with Gasteiger partial charge in [-0.3, -0.25) is 0 Å². The molecule has 0 amide bonds. The number of aliphatic hydroxyl groups is 1. The molecule has 1 aromatic heterocycles. The normalized spacial score (nSPS) is 16.2. The molecule has 3 rings (SSSR count). The van der Waals surface area contributed by atoms with E-state index in [-0.39, 0.29) is 18.5 Å². The Morgan fingerprint density at radius 2 is 2.32 bits per heavy atom. The summed E-state index contributed by atoms with van der Waals surface area (Å²) in [4.78, 5) is 17.6. The molecule has 7 heteroatoms. The number of hydrogen-bond donors (Lipinski definition) is 3. The molecule has 1 aliphatic carbocycles. The Labute approximate surface area is 148 Å². The highest BCUT2D eigenvalue weighted by molar-refractivity contribution is 6.32. The predicted molar refractivity (Wildman–Crippen MR) is 93.5 cm³/mol. The third-order valence-corrected chi connectivity index (χ3v) is 3.95. The summed E-state index contributed by atoms with van der Waals surface area (Å²) in [5.41, 5.74) is 2.76. The van der Waals surface area contributed by atoms with Crippen molar-refractivity contribution < 1.29 is 19.7 Å².